The summed E-state index contributed by atoms with van der Waals surface area (Å²) in [6.07, 6.45) is 1.72. The summed E-state index contributed by atoms with van der Waals surface area (Å²) in [6.45, 7) is 0.111. The van der Waals surface area contributed by atoms with Gasteiger partial charge in [0, 0.05) is 4.88 Å². The molecule has 2 amide bonds. The molecule has 1 aromatic heterocycles. The largest absolute Gasteiger partial charge is 0.293 e. The first kappa shape index (κ1) is 16.0. The fraction of sp³-hybridized carbons (Fsp3) is 0.0625. The molecule has 0 unspecified atom stereocenters. The summed E-state index contributed by atoms with van der Waals surface area (Å²) in [5.74, 6) is -0.322. The topological polar surface area (TPSA) is 61.2 Å². The summed E-state index contributed by atoms with van der Waals surface area (Å²) < 4.78 is 0.964. The lowest BCUT2D eigenvalue weighted by Crippen LogP contribution is -2.27. The maximum Gasteiger partial charge on any atom is 0.293 e. The molecule has 4 nitrogen and oxygen atoms in total. The van der Waals surface area contributed by atoms with Crippen LogP contribution in [0.15, 0.2) is 45.1 Å². The lowest BCUT2D eigenvalue weighted by Gasteiger charge is -2.13. The van der Waals surface area contributed by atoms with E-state index < -0.39 is 0 Å². The molecule has 2 heterocycles. The molecule has 0 N–H and O–H groups in total. The third-order valence-electron chi connectivity index (χ3n) is 3.21. The monoisotopic (exact) mass is 404 g/mol. The summed E-state index contributed by atoms with van der Waals surface area (Å²) in [7, 11) is 0. The van der Waals surface area contributed by atoms with Crippen LogP contribution >= 0.6 is 39.0 Å². The molecule has 2 aromatic rings. The number of benzene rings is 1. The lowest BCUT2D eigenvalue weighted by molar-refractivity contribution is -0.123. The Morgan fingerprint density at radius 2 is 2.00 bits per heavy atom. The molecule has 1 aliphatic rings. The number of amides is 2. The molecule has 3 rings (SSSR count). The second kappa shape index (κ2) is 6.71. The van der Waals surface area contributed by atoms with E-state index >= 15 is 0 Å². The van der Waals surface area contributed by atoms with Crippen molar-refractivity contribution in [2.45, 2.75) is 6.54 Å². The number of hydrogen-bond acceptors (Lipinski definition) is 5. The zero-order valence-corrected chi connectivity index (χ0v) is 14.9. The van der Waals surface area contributed by atoms with Crippen LogP contribution in [0.1, 0.15) is 16.0 Å². The molecule has 1 aromatic carbocycles. The average molecular weight is 405 g/mol. The first-order valence-electron chi connectivity index (χ1n) is 6.57. The molecule has 0 radical (unpaired) electrons. The van der Waals surface area contributed by atoms with E-state index in [0.29, 0.717) is 16.0 Å². The van der Waals surface area contributed by atoms with Crippen LogP contribution in [-0.2, 0) is 11.3 Å². The van der Waals surface area contributed by atoms with Gasteiger partial charge >= 0.3 is 0 Å². The van der Waals surface area contributed by atoms with E-state index in [1.807, 2.05) is 12.1 Å². The maximum atomic E-state index is 12.5. The Morgan fingerprint density at radius 3 is 2.70 bits per heavy atom. The van der Waals surface area contributed by atoms with E-state index in [4.69, 9.17) is 5.26 Å². The van der Waals surface area contributed by atoms with Crippen molar-refractivity contribution in [3.8, 4) is 6.07 Å². The molecule has 0 atom stereocenters. The number of thiophene rings is 1. The average Bonchev–Trinajstić information content (AvgIpc) is 3.06. The van der Waals surface area contributed by atoms with Crippen molar-refractivity contribution in [3.63, 3.8) is 0 Å². The number of hydrogen-bond donors (Lipinski definition) is 0. The standard InChI is InChI=1S/C16H9BrN2O2S2/c17-14-6-5-12(22-14)7-13-15(20)19(16(21)23-13)9-11-4-2-1-3-10(11)8-18/h1-7H,9H2/b13-7+. The Morgan fingerprint density at radius 1 is 1.22 bits per heavy atom. The van der Waals surface area contributed by atoms with Gasteiger partial charge in [0.2, 0.25) is 0 Å². The molecule has 1 aliphatic heterocycles. The predicted octanol–water partition coefficient (Wildman–Crippen LogP) is 4.62. The molecule has 0 saturated carbocycles. The minimum Gasteiger partial charge on any atom is -0.268 e. The van der Waals surface area contributed by atoms with Gasteiger partial charge in [-0.05, 0) is 57.5 Å². The number of imide groups is 1. The molecule has 7 heteroatoms. The van der Waals surface area contributed by atoms with Gasteiger partial charge in [0.1, 0.15) is 0 Å². The van der Waals surface area contributed by atoms with Crippen LogP contribution in [0.3, 0.4) is 0 Å². The van der Waals surface area contributed by atoms with Gasteiger partial charge in [0.15, 0.2) is 0 Å². The van der Waals surface area contributed by atoms with Crippen molar-refractivity contribution >= 4 is 56.3 Å². The van der Waals surface area contributed by atoms with Crippen LogP contribution in [-0.4, -0.2) is 16.0 Å². The van der Waals surface area contributed by atoms with Crippen molar-refractivity contribution in [1.29, 1.82) is 5.26 Å². The van der Waals surface area contributed by atoms with Crippen molar-refractivity contribution in [3.05, 3.63) is 61.1 Å². The molecule has 1 saturated heterocycles. The molecule has 23 heavy (non-hydrogen) atoms. The third kappa shape index (κ3) is 3.39. The van der Waals surface area contributed by atoms with Gasteiger partial charge in [-0.2, -0.15) is 5.26 Å². The van der Waals surface area contributed by atoms with E-state index in [-0.39, 0.29) is 17.7 Å². The minimum absolute atomic E-state index is 0.111. The lowest BCUT2D eigenvalue weighted by atomic mass is 10.1. The highest BCUT2D eigenvalue weighted by molar-refractivity contribution is 9.11. The number of halogens is 1. The number of thioether (sulfide) groups is 1. The molecule has 0 bridgehead atoms. The SMILES string of the molecule is N#Cc1ccccc1CN1C(=O)S/C(=C/c2ccc(Br)s2)C1=O. The minimum atomic E-state index is -0.322. The molecule has 0 spiro atoms. The van der Waals surface area contributed by atoms with Gasteiger partial charge in [-0.3, -0.25) is 14.5 Å². The quantitative estimate of drug-likeness (QED) is 0.700. The highest BCUT2D eigenvalue weighted by atomic mass is 79.9. The summed E-state index contributed by atoms with van der Waals surface area (Å²) in [4.78, 5) is 27.1. The van der Waals surface area contributed by atoms with Crippen molar-refractivity contribution in [2.75, 3.05) is 0 Å². The summed E-state index contributed by atoms with van der Waals surface area (Å²) >= 11 is 5.79. The Balaban J connectivity index is 1.85. The van der Waals surface area contributed by atoms with Crippen LogP contribution in [0.4, 0.5) is 4.79 Å². The second-order valence-corrected chi connectivity index (χ2v) is 8.17. The van der Waals surface area contributed by atoms with Gasteiger partial charge in [-0.15, -0.1) is 11.3 Å². The molecular weight excluding hydrogens is 396 g/mol. The van der Waals surface area contributed by atoms with Crippen molar-refractivity contribution in [1.82, 2.24) is 4.90 Å². The Bertz CT molecular complexity index is 867. The van der Waals surface area contributed by atoms with Crippen molar-refractivity contribution in [2.24, 2.45) is 0 Å². The molecule has 0 aliphatic carbocycles. The number of rotatable bonds is 3. The zero-order valence-electron chi connectivity index (χ0n) is 11.7. The van der Waals surface area contributed by atoms with E-state index in [1.54, 1.807) is 30.3 Å². The predicted molar refractivity (Wildman–Crippen MR) is 94.7 cm³/mol. The van der Waals surface area contributed by atoms with Crippen LogP contribution in [0.2, 0.25) is 0 Å². The summed E-state index contributed by atoms with van der Waals surface area (Å²) in [5.41, 5.74) is 1.13. The van der Waals surface area contributed by atoms with Crippen LogP contribution < -0.4 is 0 Å². The maximum absolute atomic E-state index is 12.5. The van der Waals surface area contributed by atoms with Gasteiger partial charge in [-0.1, -0.05) is 18.2 Å². The van der Waals surface area contributed by atoms with Gasteiger partial charge in [0.25, 0.3) is 11.1 Å². The number of nitrogens with zero attached hydrogens (tertiary/aromatic N) is 2. The van der Waals surface area contributed by atoms with E-state index in [2.05, 4.69) is 22.0 Å². The Labute approximate surface area is 149 Å². The van der Waals surface area contributed by atoms with Crippen LogP contribution in [0, 0.1) is 11.3 Å². The first-order valence-corrected chi connectivity index (χ1v) is 9.00. The van der Waals surface area contributed by atoms with Crippen molar-refractivity contribution < 1.29 is 9.59 Å². The van der Waals surface area contributed by atoms with E-state index in [9.17, 15) is 9.59 Å². The van der Waals surface area contributed by atoms with Gasteiger partial charge in [0.05, 0.1) is 26.9 Å². The summed E-state index contributed by atoms with van der Waals surface area (Å²) in [6, 6.07) is 12.8. The fourth-order valence-corrected chi connectivity index (χ4v) is 4.38. The summed E-state index contributed by atoms with van der Waals surface area (Å²) in [5, 5.41) is 8.80. The fourth-order valence-electron chi connectivity index (χ4n) is 2.11. The van der Waals surface area contributed by atoms with Gasteiger partial charge < -0.3 is 0 Å². The van der Waals surface area contributed by atoms with Crippen LogP contribution in [0.25, 0.3) is 6.08 Å². The first-order chi connectivity index (χ1) is 11.1. The van der Waals surface area contributed by atoms with Crippen LogP contribution in [0.5, 0.6) is 0 Å². The second-order valence-electron chi connectivity index (χ2n) is 4.68. The number of carbonyl (C=O) groups excluding carboxylic acids is 2. The number of carbonyl (C=O) groups is 2. The molecule has 114 valence electrons. The normalized spacial score (nSPS) is 16.2. The molecular formula is C16H9BrN2O2S2. The van der Waals surface area contributed by atoms with E-state index in [0.717, 1.165) is 20.4 Å². The third-order valence-corrected chi connectivity index (χ3v) is 5.69. The Kier molecular flexibility index (Phi) is 4.66. The Hall–Kier alpha value is -1.88. The highest BCUT2D eigenvalue weighted by Gasteiger charge is 2.35. The van der Waals surface area contributed by atoms with Gasteiger partial charge in [-0.25, -0.2) is 0 Å². The highest BCUT2D eigenvalue weighted by Crippen LogP contribution is 2.35. The molecule has 1 fully saturated rings. The van der Waals surface area contributed by atoms with E-state index in [1.165, 1.54) is 16.2 Å². The number of nitriles is 1. The zero-order chi connectivity index (χ0) is 16.4. The smallest absolute Gasteiger partial charge is 0.268 e.